The van der Waals surface area contributed by atoms with Crippen molar-refractivity contribution in [3.8, 4) is 5.75 Å². The van der Waals surface area contributed by atoms with Crippen molar-refractivity contribution in [1.29, 1.82) is 0 Å². The van der Waals surface area contributed by atoms with Crippen LogP contribution in [-0.4, -0.2) is 54.5 Å². The third-order valence-corrected chi connectivity index (χ3v) is 5.96. The van der Waals surface area contributed by atoms with Gasteiger partial charge in [-0.2, -0.15) is 11.8 Å². The Morgan fingerprint density at radius 2 is 1.90 bits per heavy atom. The van der Waals surface area contributed by atoms with Gasteiger partial charge in [0.15, 0.2) is 0 Å². The number of hydrogen-bond acceptors (Lipinski definition) is 5. The fraction of sp³-hybridized carbons (Fsp3) is 0.417. The fourth-order valence-electron chi connectivity index (χ4n) is 3.47. The molecule has 31 heavy (non-hydrogen) atoms. The number of carbonyl (C=O) groups is 2. The lowest BCUT2D eigenvalue weighted by atomic mass is 10.1. The second-order valence-electron chi connectivity index (χ2n) is 7.43. The molecular weight excluding hydrogens is 410 g/mol. The molecule has 3 rings (SSSR count). The number of nitrogens with zero attached hydrogens (tertiary/aromatic N) is 1. The molecule has 0 atom stereocenters. The molecule has 0 bridgehead atoms. The van der Waals surface area contributed by atoms with Gasteiger partial charge in [-0.3, -0.25) is 14.5 Å². The first-order valence-corrected chi connectivity index (χ1v) is 12.0. The molecule has 0 aliphatic carbocycles. The Kier molecular flexibility index (Phi) is 9.24. The van der Waals surface area contributed by atoms with Gasteiger partial charge in [-0.05, 0) is 43.2 Å². The molecule has 0 saturated carbocycles. The van der Waals surface area contributed by atoms with Gasteiger partial charge in [0.25, 0.3) is 5.91 Å². The normalized spacial score (nSPS) is 14.1. The maximum absolute atomic E-state index is 12.4. The summed E-state index contributed by atoms with van der Waals surface area (Å²) in [6, 6.07) is 15.2. The molecule has 0 aromatic heterocycles. The molecule has 2 N–H and O–H groups in total. The number of benzene rings is 2. The summed E-state index contributed by atoms with van der Waals surface area (Å²) >= 11 is 2.00. The summed E-state index contributed by atoms with van der Waals surface area (Å²) in [5.41, 5.74) is 2.55. The van der Waals surface area contributed by atoms with E-state index in [4.69, 9.17) is 4.74 Å². The third-order valence-electron chi connectivity index (χ3n) is 5.02. The molecule has 0 unspecified atom stereocenters. The van der Waals surface area contributed by atoms with Crippen LogP contribution in [0.4, 0.5) is 5.69 Å². The van der Waals surface area contributed by atoms with Gasteiger partial charge in [0.2, 0.25) is 5.91 Å². The fourth-order valence-corrected chi connectivity index (χ4v) is 4.45. The summed E-state index contributed by atoms with van der Waals surface area (Å²) < 4.78 is 5.50. The molecule has 6 nitrogen and oxygen atoms in total. The maximum Gasteiger partial charge on any atom is 0.255 e. The number of anilines is 1. The highest BCUT2D eigenvalue weighted by atomic mass is 32.2. The van der Waals surface area contributed by atoms with Crippen LogP contribution < -0.4 is 15.4 Å². The number of rotatable bonds is 10. The van der Waals surface area contributed by atoms with Gasteiger partial charge in [-0.1, -0.05) is 24.3 Å². The minimum Gasteiger partial charge on any atom is -0.493 e. The predicted molar refractivity (Wildman–Crippen MR) is 127 cm³/mol. The lowest BCUT2D eigenvalue weighted by Crippen LogP contribution is -2.31. The van der Waals surface area contributed by atoms with Crippen molar-refractivity contribution >= 4 is 29.3 Å². The van der Waals surface area contributed by atoms with E-state index in [0.717, 1.165) is 25.3 Å². The summed E-state index contributed by atoms with van der Waals surface area (Å²) in [4.78, 5) is 27.1. The SMILES string of the molecule is CCOc1ccccc1C(=O)NCCCC(=O)Nc1cccc(CN2CCSCC2)c1. The highest BCUT2D eigenvalue weighted by Gasteiger charge is 2.13. The van der Waals surface area contributed by atoms with Gasteiger partial charge in [0.05, 0.1) is 12.2 Å². The van der Waals surface area contributed by atoms with Crippen LogP contribution in [-0.2, 0) is 11.3 Å². The molecule has 166 valence electrons. The Bertz CT molecular complexity index is 869. The highest BCUT2D eigenvalue weighted by molar-refractivity contribution is 7.99. The quantitative estimate of drug-likeness (QED) is 0.549. The molecule has 1 fully saturated rings. The monoisotopic (exact) mass is 441 g/mol. The maximum atomic E-state index is 12.4. The molecule has 1 aliphatic rings. The van der Waals surface area contributed by atoms with Crippen molar-refractivity contribution in [3.63, 3.8) is 0 Å². The molecule has 7 heteroatoms. The largest absolute Gasteiger partial charge is 0.493 e. The summed E-state index contributed by atoms with van der Waals surface area (Å²) in [6.07, 6.45) is 0.917. The number of thioether (sulfide) groups is 1. The van der Waals surface area contributed by atoms with Crippen molar-refractivity contribution in [3.05, 3.63) is 59.7 Å². The zero-order valence-corrected chi connectivity index (χ0v) is 18.9. The molecule has 1 aliphatic heterocycles. The minimum absolute atomic E-state index is 0.0458. The summed E-state index contributed by atoms with van der Waals surface area (Å²) in [5.74, 6) is 2.71. The van der Waals surface area contributed by atoms with E-state index < -0.39 is 0 Å². The van der Waals surface area contributed by atoms with E-state index in [1.807, 2.05) is 49.0 Å². The van der Waals surface area contributed by atoms with Crippen molar-refractivity contribution in [1.82, 2.24) is 10.2 Å². The average molecular weight is 442 g/mol. The Morgan fingerprint density at radius 1 is 1.10 bits per heavy atom. The highest BCUT2D eigenvalue weighted by Crippen LogP contribution is 2.18. The number of ether oxygens (including phenoxy) is 1. The molecule has 2 amide bonds. The predicted octanol–water partition coefficient (Wildman–Crippen LogP) is 3.78. The summed E-state index contributed by atoms with van der Waals surface area (Å²) in [5, 5.41) is 5.84. The van der Waals surface area contributed by atoms with E-state index in [9.17, 15) is 9.59 Å². The van der Waals surface area contributed by atoms with Crippen LogP contribution in [0, 0.1) is 0 Å². The van der Waals surface area contributed by atoms with E-state index in [2.05, 4.69) is 21.6 Å². The van der Waals surface area contributed by atoms with Gasteiger partial charge in [-0.15, -0.1) is 0 Å². The molecule has 1 saturated heterocycles. The third kappa shape index (κ3) is 7.60. The lowest BCUT2D eigenvalue weighted by molar-refractivity contribution is -0.116. The van der Waals surface area contributed by atoms with Crippen LogP contribution in [0.1, 0.15) is 35.7 Å². The molecular formula is C24H31N3O3S. The van der Waals surface area contributed by atoms with E-state index in [0.29, 0.717) is 37.3 Å². The second kappa shape index (κ2) is 12.4. The van der Waals surface area contributed by atoms with Crippen LogP contribution in [0.2, 0.25) is 0 Å². The number of amides is 2. The van der Waals surface area contributed by atoms with Gasteiger partial charge in [0, 0.05) is 49.8 Å². The number of hydrogen-bond donors (Lipinski definition) is 2. The zero-order chi connectivity index (χ0) is 21.9. The van der Waals surface area contributed by atoms with Crippen molar-refractivity contribution in [2.24, 2.45) is 0 Å². The van der Waals surface area contributed by atoms with Gasteiger partial charge >= 0.3 is 0 Å². The van der Waals surface area contributed by atoms with Crippen molar-refractivity contribution in [2.45, 2.75) is 26.3 Å². The van der Waals surface area contributed by atoms with Crippen LogP contribution in [0.25, 0.3) is 0 Å². The zero-order valence-electron chi connectivity index (χ0n) is 18.1. The van der Waals surface area contributed by atoms with Crippen molar-refractivity contribution in [2.75, 3.05) is 43.1 Å². The standard InChI is InChI=1S/C24H31N3O3S/c1-2-30-22-10-4-3-9-21(22)24(29)25-12-6-11-23(28)26-20-8-5-7-19(17-20)18-27-13-15-31-16-14-27/h3-5,7-10,17H,2,6,11-16,18H2,1H3,(H,25,29)(H,26,28). The van der Waals surface area contributed by atoms with E-state index in [1.54, 1.807) is 12.1 Å². The Balaban J connectivity index is 1.40. The van der Waals surface area contributed by atoms with Crippen LogP contribution in [0.3, 0.4) is 0 Å². The van der Waals surface area contributed by atoms with Gasteiger partial charge in [0.1, 0.15) is 5.75 Å². The van der Waals surface area contributed by atoms with E-state index in [-0.39, 0.29) is 11.8 Å². The molecule has 2 aromatic rings. The van der Waals surface area contributed by atoms with Crippen molar-refractivity contribution < 1.29 is 14.3 Å². The molecule has 2 aromatic carbocycles. The summed E-state index contributed by atoms with van der Waals surface area (Å²) in [7, 11) is 0. The number of carbonyl (C=O) groups excluding carboxylic acids is 2. The first-order valence-electron chi connectivity index (χ1n) is 10.8. The summed E-state index contributed by atoms with van der Waals surface area (Å²) in [6.45, 7) is 5.96. The first kappa shape index (κ1) is 23.2. The van der Waals surface area contributed by atoms with Crippen LogP contribution in [0.15, 0.2) is 48.5 Å². The minimum atomic E-state index is -0.187. The Labute approximate surface area is 188 Å². The number of nitrogens with one attached hydrogen (secondary N) is 2. The van der Waals surface area contributed by atoms with Crippen LogP contribution in [0.5, 0.6) is 5.75 Å². The second-order valence-corrected chi connectivity index (χ2v) is 8.65. The molecule has 0 spiro atoms. The molecule has 0 radical (unpaired) electrons. The topological polar surface area (TPSA) is 70.7 Å². The van der Waals surface area contributed by atoms with E-state index in [1.165, 1.54) is 17.1 Å². The Hall–Kier alpha value is -2.51. The Morgan fingerprint density at radius 3 is 2.71 bits per heavy atom. The van der Waals surface area contributed by atoms with E-state index >= 15 is 0 Å². The lowest BCUT2D eigenvalue weighted by Gasteiger charge is -2.26. The van der Waals surface area contributed by atoms with Gasteiger partial charge in [-0.25, -0.2) is 0 Å². The van der Waals surface area contributed by atoms with Crippen LogP contribution >= 0.6 is 11.8 Å². The average Bonchev–Trinajstić information content (AvgIpc) is 2.78. The number of para-hydroxylation sites is 1. The first-order chi connectivity index (χ1) is 15.2. The molecule has 1 heterocycles. The van der Waals surface area contributed by atoms with Gasteiger partial charge < -0.3 is 15.4 Å². The smallest absolute Gasteiger partial charge is 0.255 e.